The second-order valence-electron chi connectivity index (χ2n) is 8.91. The van der Waals surface area contributed by atoms with Crippen LogP contribution in [0.5, 0.6) is 5.75 Å². The SMILES string of the molecule is COc1ccc(Br)c(C(=O)NC2CCC(Nc3nc4c(c(N(C)C)n3)CCCC4)CC2)c1. The average Bonchev–Trinajstić information content (AvgIpc) is 2.80. The van der Waals surface area contributed by atoms with Gasteiger partial charge in [0.2, 0.25) is 5.95 Å². The van der Waals surface area contributed by atoms with Crippen molar-refractivity contribution in [2.75, 3.05) is 31.4 Å². The largest absolute Gasteiger partial charge is 0.497 e. The number of carbonyl (C=O) groups excluding carboxylic acids is 1. The molecule has 2 aliphatic rings. The van der Waals surface area contributed by atoms with Gasteiger partial charge in [-0.2, -0.15) is 4.98 Å². The Labute approximate surface area is 198 Å². The van der Waals surface area contributed by atoms with Crippen LogP contribution in [0.25, 0.3) is 0 Å². The minimum atomic E-state index is -0.0687. The number of nitrogens with one attached hydrogen (secondary N) is 2. The monoisotopic (exact) mass is 501 g/mol. The van der Waals surface area contributed by atoms with E-state index < -0.39 is 0 Å². The highest BCUT2D eigenvalue weighted by atomic mass is 79.9. The van der Waals surface area contributed by atoms with Crippen LogP contribution in [-0.4, -0.2) is 49.2 Å². The lowest BCUT2D eigenvalue weighted by molar-refractivity contribution is 0.0925. The summed E-state index contributed by atoms with van der Waals surface area (Å²) >= 11 is 3.47. The fraction of sp³-hybridized carbons (Fsp3) is 0.542. The van der Waals surface area contributed by atoms with Crippen molar-refractivity contribution in [2.24, 2.45) is 0 Å². The van der Waals surface area contributed by atoms with Crippen LogP contribution in [0.1, 0.15) is 60.1 Å². The number of carbonyl (C=O) groups is 1. The zero-order valence-corrected chi connectivity index (χ0v) is 20.7. The molecule has 2 aliphatic carbocycles. The molecule has 2 aromatic rings. The predicted octanol–water partition coefficient (Wildman–Crippen LogP) is 4.35. The van der Waals surface area contributed by atoms with E-state index in [0.717, 1.165) is 54.8 Å². The van der Waals surface area contributed by atoms with Gasteiger partial charge in [-0.3, -0.25) is 4.79 Å². The van der Waals surface area contributed by atoms with Crippen LogP contribution in [0.3, 0.4) is 0 Å². The number of ether oxygens (including phenoxy) is 1. The molecule has 4 rings (SSSR count). The molecule has 7 nitrogen and oxygen atoms in total. The zero-order valence-electron chi connectivity index (χ0n) is 19.1. The third-order valence-electron chi connectivity index (χ3n) is 6.40. The number of hydrogen-bond donors (Lipinski definition) is 2. The number of fused-ring (bicyclic) bond motifs is 1. The van der Waals surface area contributed by atoms with Crippen molar-refractivity contribution >= 4 is 33.6 Å². The molecule has 1 aromatic heterocycles. The molecule has 0 atom stereocenters. The number of aryl methyl sites for hydroxylation is 1. The van der Waals surface area contributed by atoms with Gasteiger partial charge in [-0.1, -0.05) is 0 Å². The van der Waals surface area contributed by atoms with Crippen molar-refractivity contribution in [1.82, 2.24) is 15.3 Å². The number of halogens is 1. The summed E-state index contributed by atoms with van der Waals surface area (Å²) < 4.78 is 6.03. The number of benzene rings is 1. The maximum absolute atomic E-state index is 12.8. The molecule has 1 aromatic carbocycles. The van der Waals surface area contributed by atoms with Crippen molar-refractivity contribution in [3.8, 4) is 5.75 Å². The Morgan fingerprint density at radius 1 is 1.09 bits per heavy atom. The molecular formula is C24H32BrN5O2. The number of hydrogen-bond acceptors (Lipinski definition) is 6. The quantitative estimate of drug-likeness (QED) is 0.612. The summed E-state index contributed by atoms with van der Waals surface area (Å²) in [6, 6.07) is 5.93. The van der Waals surface area contributed by atoms with Gasteiger partial charge >= 0.3 is 0 Å². The third-order valence-corrected chi connectivity index (χ3v) is 7.09. The van der Waals surface area contributed by atoms with Gasteiger partial charge in [-0.05, 0) is 85.5 Å². The second-order valence-corrected chi connectivity index (χ2v) is 9.76. The molecule has 0 saturated heterocycles. The molecule has 1 saturated carbocycles. The smallest absolute Gasteiger partial charge is 0.252 e. The highest BCUT2D eigenvalue weighted by Gasteiger charge is 2.25. The van der Waals surface area contributed by atoms with E-state index in [1.54, 1.807) is 13.2 Å². The van der Waals surface area contributed by atoms with Gasteiger partial charge in [-0.25, -0.2) is 4.98 Å². The van der Waals surface area contributed by atoms with Crippen molar-refractivity contribution in [1.29, 1.82) is 0 Å². The molecule has 0 aliphatic heterocycles. The van der Waals surface area contributed by atoms with Crippen LogP contribution in [0.2, 0.25) is 0 Å². The molecule has 1 amide bonds. The van der Waals surface area contributed by atoms with Gasteiger partial charge in [0.15, 0.2) is 0 Å². The summed E-state index contributed by atoms with van der Waals surface area (Å²) in [4.78, 5) is 24.6. The average molecular weight is 502 g/mol. The van der Waals surface area contributed by atoms with Gasteiger partial charge < -0.3 is 20.3 Å². The Morgan fingerprint density at radius 3 is 2.53 bits per heavy atom. The molecule has 0 bridgehead atoms. The first-order valence-electron chi connectivity index (χ1n) is 11.4. The summed E-state index contributed by atoms with van der Waals surface area (Å²) in [5.41, 5.74) is 3.10. The molecule has 1 fully saturated rings. The van der Waals surface area contributed by atoms with E-state index in [1.165, 1.54) is 24.1 Å². The van der Waals surface area contributed by atoms with Crippen LogP contribution in [0.15, 0.2) is 22.7 Å². The Balaban J connectivity index is 1.35. The number of methoxy groups -OCH3 is 1. The first-order valence-corrected chi connectivity index (χ1v) is 12.2. The van der Waals surface area contributed by atoms with E-state index >= 15 is 0 Å². The minimum absolute atomic E-state index is 0.0687. The molecule has 172 valence electrons. The van der Waals surface area contributed by atoms with Crippen molar-refractivity contribution in [2.45, 2.75) is 63.5 Å². The maximum Gasteiger partial charge on any atom is 0.252 e. The molecule has 2 N–H and O–H groups in total. The van der Waals surface area contributed by atoms with E-state index in [4.69, 9.17) is 14.7 Å². The summed E-state index contributed by atoms with van der Waals surface area (Å²) in [6.45, 7) is 0. The van der Waals surface area contributed by atoms with Gasteiger partial charge in [0.1, 0.15) is 11.6 Å². The van der Waals surface area contributed by atoms with E-state index in [0.29, 0.717) is 17.4 Å². The summed E-state index contributed by atoms with van der Waals surface area (Å²) in [6.07, 6.45) is 8.32. The molecule has 1 heterocycles. The maximum atomic E-state index is 12.8. The Bertz CT molecular complexity index is 973. The molecular weight excluding hydrogens is 470 g/mol. The fourth-order valence-electron chi connectivity index (χ4n) is 4.64. The molecule has 8 heteroatoms. The van der Waals surface area contributed by atoms with Crippen molar-refractivity contribution in [3.63, 3.8) is 0 Å². The first kappa shape index (κ1) is 22.8. The number of anilines is 2. The van der Waals surface area contributed by atoms with Crippen molar-refractivity contribution in [3.05, 3.63) is 39.5 Å². The Morgan fingerprint density at radius 2 is 1.81 bits per heavy atom. The van der Waals surface area contributed by atoms with E-state index in [9.17, 15) is 4.79 Å². The summed E-state index contributed by atoms with van der Waals surface area (Å²) in [7, 11) is 5.71. The van der Waals surface area contributed by atoms with Crippen LogP contribution in [0.4, 0.5) is 11.8 Å². The highest BCUT2D eigenvalue weighted by Crippen LogP contribution is 2.30. The van der Waals surface area contributed by atoms with Gasteiger partial charge in [0.05, 0.1) is 18.4 Å². The molecule has 0 radical (unpaired) electrons. The number of nitrogens with zero attached hydrogens (tertiary/aromatic N) is 3. The van der Waals surface area contributed by atoms with Crippen LogP contribution >= 0.6 is 15.9 Å². The van der Waals surface area contributed by atoms with Crippen LogP contribution < -0.4 is 20.3 Å². The molecule has 0 spiro atoms. The lowest BCUT2D eigenvalue weighted by Crippen LogP contribution is -2.40. The fourth-order valence-corrected chi connectivity index (χ4v) is 5.07. The molecule has 32 heavy (non-hydrogen) atoms. The van der Waals surface area contributed by atoms with Gasteiger partial charge in [0, 0.05) is 36.2 Å². The normalized spacial score (nSPS) is 20.2. The summed E-state index contributed by atoms with van der Waals surface area (Å²) in [5.74, 6) is 2.39. The number of amides is 1. The van der Waals surface area contributed by atoms with Gasteiger partial charge in [0.25, 0.3) is 5.91 Å². The Hall–Kier alpha value is -2.35. The second kappa shape index (κ2) is 10.1. The van der Waals surface area contributed by atoms with E-state index in [1.807, 2.05) is 12.1 Å². The molecule has 0 unspecified atom stereocenters. The van der Waals surface area contributed by atoms with Crippen LogP contribution in [-0.2, 0) is 12.8 Å². The zero-order chi connectivity index (χ0) is 22.7. The van der Waals surface area contributed by atoms with E-state index in [-0.39, 0.29) is 11.9 Å². The number of rotatable bonds is 6. The van der Waals surface area contributed by atoms with Crippen molar-refractivity contribution < 1.29 is 9.53 Å². The number of aromatic nitrogens is 2. The minimum Gasteiger partial charge on any atom is -0.497 e. The predicted molar refractivity (Wildman–Crippen MR) is 131 cm³/mol. The van der Waals surface area contributed by atoms with E-state index in [2.05, 4.69) is 45.6 Å². The first-order chi connectivity index (χ1) is 15.4. The third kappa shape index (κ3) is 5.17. The summed E-state index contributed by atoms with van der Waals surface area (Å²) in [5, 5.41) is 6.76. The lowest BCUT2D eigenvalue weighted by Gasteiger charge is -2.30. The standard InChI is InChI=1S/C24H32BrN5O2/c1-30(2)22-18-6-4-5-7-21(18)28-24(29-22)27-16-10-8-15(9-11-16)26-23(31)19-14-17(32-3)12-13-20(19)25/h12-16H,4-11H2,1-3H3,(H,26,31)(H,27,28,29). The topological polar surface area (TPSA) is 79.4 Å². The lowest BCUT2D eigenvalue weighted by atomic mass is 9.91. The Kier molecular flexibility index (Phi) is 7.18. The van der Waals surface area contributed by atoms with Gasteiger partial charge in [-0.15, -0.1) is 0 Å². The highest BCUT2D eigenvalue weighted by molar-refractivity contribution is 9.10. The van der Waals surface area contributed by atoms with Crippen LogP contribution in [0, 0.1) is 0 Å².